The molecule has 0 nitrogen and oxygen atoms in total. The first kappa shape index (κ1) is 15.5. The molecule has 3 heteroatoms. The van der Waals surface area contributed by atoms with Crippen molar-refractivity contribution < 1.29 is 19.2 Å². The fraction of sp³-hybridized carbons (Fsp3) is 0.500. The average molecular weight is 322 g/mol. The molecule has 2 unspecified atom stereocenters. The molecule has 2 aliphatic rings. The summed E-state index contributed by atoms with van der Waals surface area (Å²) in [5.41, 5.74) is 11.5. The van der Waals surface area contributed by atoms with Gasteiger partial charge in [-0.15, -0.1) is 0 Å². The van der Waals surface area contributed by atoms with Gasteiger partial charge in [-0.1, -0.05) is 0 Å². The Balaban J connectivity index is 2.32. The number of hydrogen-bond donors (Lipinski definition) is 0. The van der Waals surface area contributed by atoms with Crippen LogP contribution in [0.15, 0.2) is 41.2 Å². The molecule has 0 aliphatic heterocycles. The Morgan fingerprint density at radius 1 is 0.632 bits per heavy atom. The van der Waals surface area contributed by atoms with Crippen molar-refractivity contribution in [2.45, 2.75) is 52.6 Å². The van der Waals surface area contributed by atoms with E-state index >= 15 is 0 Å². The summed E-state index contributed by atoms with van der Waals surface area (Å²) in [5, 5.41) is 0. The summed E-state index contributed by atoms with van der Waals surface area (Å²) in [5.74, 6) is 0. The van der Waals surface area contributed by atoms with E-state index in [1.165, 1.54) is 20.5 Å². The summed E-state index contributed by atoms with van der Waals surface area (Å²) in [7, 11) is 2.59. The Hall–Kier alpha value is 0.108. The number of hydrogen-bond acceptors (Lipinski definition) is 0. The van der Waals surface area contributed by atoms with Crippen LogP contribution in [0, 0.1) is 0 Å². The fourth-order valence-corrected chi connectivity index (χ4v) is 9.18. The van der Waals surface area contributed by atoms with Crippen LogP contribution in [0.4, 0.5) is 0 Å². The zero-order valence-corrected chi connectivity index (χ0v) is 19.2. The van der Waals surface area contributed by atoms with E-state index in [4.69, 9.17) is 0 Å². The molecule has 19 heavy (non-hydrogen) atoms. The Labute approximate surface area is 133 Å². The molecule has 0 fully saturated rings. The molecular weight excluding hydrogens is 296 g/mol. The second-order valence-corrected chi connectivity index (χ2v) is 10.6. The van der Waals surface area contributed by atoms with Gasteiger partial charge in [0.05, 0.1) is 0 Å². The second kappa shape index (κ2) is 5.48. The van der Waals surface area contributed by atoms with Crippen molar-refractivity contribution in [2.75, 3.05) is 0 Å². The minimum absolute atomic E-state index is 0.0628. The van der Waals surface area contributed by atoms with E-state index in [2.05, 4.69) is 41.5 Å². The van der Waals surface area contributed by atoms with Crippen LogP contribution in [0.25, 0.3) is 0 Å². The third kappa shape index (κ3) is 2.42. The van der Waals surface area contributed by atoms with Crippen molar-refractivity contribution in [3.8, 4) is 0 Å². The molecule has 0 aromatic rings. The summed E-state index contributed by atoms with van der Waals surface area (Å²) in [6, 6.07) is 0. The standard InChI is InChI=1S/2C8H13Si.Ti/c2*1-5-4-8(9)7(3)6(5)2;/h2*8H,1-3,9H3;. The van der Waals surface area contributed by atoms with Crippen LogP contribution in [0.3, 0.4) is 0 Å². The van der Waals surface area contributed by atoms with Gasteiger partial charge in [0.1, 0.15) is 0 Å². The van der Waals surface area contributed by atoms with Crippen LogP contribution in [0.1, 0.15) is 41.5 Å². The van der Waals surface area contributed by atoms with E-state index in [0.29, 0.717) is 0 Å². The summed E-state index contributed by atoms with van der Waals surface area (Å²) in [6.45, 7) is 14.1. The van der Waals surface area contributed by atoms with Crippen molar-refractivity contribution in [1.82, 2.24) is 0 Å². The molecule has 0 bridgehead atoms. The van der Waals surface area contributed by atoms with E-state index in [9.17, 15) is 0 Å². The van der Waals surface area contributed by atoms with Crippen LogP contribution in [-0.2, 0) is 19.2 Å². The van der Waals surface area contributed by atoms with Gasteiger partial charge in [-0.3, -0.25) is 0 Å². The van der Waals surface area contributed by atoms with E-state index in [1.54, 1.807) is 33.4 Å². The predicted molar refractivity (Wildman–Crippen MR) is 89.5 cm³/mol. The maximum atomic E-state index is 2.37. The quantitative estimate of drug-likeness (QED) is 0.686. The molecule has 0 amide bonds. The van der Waals surface area contributed by atoms with Gasteiger partial charge in [0.25, 0.3) is 0 Å². The molecular formula is C16H26Si2Ti. The molecule has 2 rings (SSSR count). The fourth-order valence-electron chi connectivity index (χ4n) is 3.28. The second-order valence-electron chi connectivity index (χ2n) is 6.26. The Morgan fingerprint density at radius 2 is 0.947 bits per heavy atom. The maximum absolute atomic E-state index is 2.37. The van der Waals surface area contributed by atoms with Crippen LogP contribution < -0.4 is 0 Å². The van der Waals surface area contributed by atoms with E-state index in [1.807, 2.05) is 7.76 Å². The average Bonchev–Trinajstić information content (AvgIpc) is 2.68. The van der Waals surface area contributed by atoms with Gasteiger partial charge in [-0.05, 0) is 0 Å². The Bertz CT molecular complexity index is 511. The van der Waals surface area contributed by atoms with Crippen molar-refractivity contribution >= 4 is 20.5 Å². The molecule has 0 N–H and O–H groups in total. The first-order valence-electron chi connectivity index (χ1n) is 7.31. The van der Waals surface area contributed by atoms with Crippen molar-refractivity contribution in [3.63, 3.8) is 0 Å². The summed E-state index contributed by atoms with van der Waals surface area (Å²) in [4.78, 5) is 0. The molecule has 2 atom stereocenters. The predicted octanol–water partition coefficient (Wildman–Crippen LogP) is 2.62. The van der Waals surface area contributed by atoms with Crippen molar-refractivity contribution in [1.29, 1.82) is 0 Å². The summed E-state index contributed by atoms with van der Waals surface area (Å²) >= 11 is -0.0628. The van der Waals surface area contributed by atoms with Crippen LogP contribution in [-0.4, -0.2) is 20.5 Å². The van der Waals surface area contributed by atoms with Gasteiger partial charge in [0.15, 0.2) is 0 Å². The number of allylic oxidation sites excluding steroid dienone is 8. The molecule has 0 saturated carbocycles. The minimum atomic E-state index is -0.0628. The molecule has 102 valence electrons. The third-order valence-corrected chi connectivity index (χ3v) is 13.6. The molecule has 0 saturated heterocycles. The topological polar surface area (TPSA) is 0 Å². The first-order chi connectivity index (χ1) is 8.77. The zero-order chi connectivity index (χ0) is 14.5. The van der Waals surface area contributed by atoms with Crippen LogP contribution >= 0.6 is 0 Å². The van der Waals surface area contributed by atoms with E-state index in [-0.39, 0.29) is 19.2 Å². The normalized spacial score (nSPS) is 28.5. The molecule has 0 spiro atoms. The SMILES string of the molecule is CC1=C(C)C([SiH3])[C]([Ti][C]2=C(C)C(C)=C(C)C2[SiH3])=C1C. The zero-order valence-electron chi connectivity index (χ0n) is 13.7. The van der Waals surface area contributed by atoms with Gasteiger partial charge in [-0.25, -0.2) is 0 Å². The molecule has 0 heterocycles. The van der Waals surface area contributed by atoms with Gasteiger partial charge in [0.2, 0.25) is 0 Å². The first-order valence-corrected chi connectivity index (χ1v) is 11.2. The van der Waals surface area contributed by atoms with E-state index < -0.39 is 0 Å². The monoisotopic (exact) mass is 322 g/mol. The summed E-state index contributed by atoms with van der Waals surface area (Å²) < 4.78 is 3.72. The molecule has 0 radical (unpaired) electrons. The third-order valence-electron chi connectivity index (χ3n) is 5.55. The molecule has 2 aliphatic carbocycles. The molecule has 0 aromatic heterocycles. The Kier molecular flexibility index (Phi) is 4.47. The van der Waals surface area contributed by atoms with Crippen molar-refractivity contribution in [3.05, 3.63) is 41.2 Å². The Morgan fingerprint density at radius 3 is 1.16 bits per heavy atom. The van der Waals surface area contributed by atoms with Crippen molar-refractivity contribution in [2.24, 2.45) is 0 Å². The molecule has 0 aromatic carbocycles. The van der Waals surface area contributed by atoms with Crippen LogP contribution in [0.2, 0.25) is 11.1 Å². The van der Waals surface area contributed by atoms with Gasteiger partial charge in [-0.2, -0.15) is 0 Å². The summed E-state index contributed by atoms with van der Waals surface area (Å²) in [6.07, 6.45) is 0. The van der Waals surface area contributed by atoms with E-state index in [0.717, 1.165) is 11.1 Å². The van der Waals surface area contributed by atoms with Crippen LogP contribution in [0.5, 0.6) is 0 Å². The van der Waals surface area contributed by atoms with Gasteiger partial charge < -0.3 is 0 Å². The number of rotatable bonds is 2. The van der Waals surface area contributed by atoms with Gasteiger partial charge in [0, 0.05) is 0 Å². The van der Waals surface area contributed by atoms with Gasteiger partial charge >= 0.3 is 133 Å².